The van der Waals surface area contributed by atoms with Crippen molar-refractivity contribution in [2.24, 2.45) is 0 Å². The highest BCUT2D eigenvalue weighted by Crippen LogP contribution is 2.28. The van der Waals surface area contributed by atoms with Crippen LogP contribution in [0.1, 0.15) is 44.6 Å². The second-order valence-corrected chi connectivity index (χ2v) is 6.29. The van der Waals surface area contributed by atoms with Crippen LogP contribution < -0.4 is 11.1 Å². The molecule has 0 amide bonds. The Morgan fingerprint density at radius 3 is 2.43 bits per heavy atom. The van der Waals surface area contributed by atoms with Crippen LogP contribution in [-0.2, 0) is 11.8 Å². The predicted molar refractivity (Wildman–Crippen MR) is 89.0 cm³/mol. The maximum atomic E-state index is 6.05. The van der Waals surface area contributed by atoms with Crippen molar-refractivity contribution in [2.75, 3.05) is 11.1 Å². The molecule has 0 fully saturated rings. The molecule has 0 unspecified atom stereocenters. The van der Waals surface area contributed by atoms with Gasteiger partial charge in [-0.25, -0.2) is 9.97 Å². The van der Waals surface area contributed by atoms with Crippen molar-refractivity contribution >= 4 is 17.3 Å². The number of nitrogens with zero attached hydrogens (tertiary/aromatic N) is 2. The molecule has 0 radical (unpaired) electrons. The van der Waals surface area contributed by atoms with Crippen LogP contribution in [0.5, 0.6) is 0 Å². The van der Waals surface area contributed by atoms with Crippen LogP contribution in [0.4, 0.5) is 17.3 Å². The molecule has 1 aromatic carbocycles. The Hall–Kier alpha value is -2.10. The number of anilines is 3. The van der Waals surface area contributed by atoms with Crippen LogP contribution in [0.15, 0.2) is 24.3 Å². The van der Waals surface area contributed by atoms with Crippen molar-refractivity contribution in [2.45, 2.75) is 46.5 Å². The number of benzene rings is 1. The first-order valence-electron chi connectivity index (χ1n) is 7.32. The summed E-state index contributed by atoms with van der Waals surface area (Å²) < 4.78 is 0. The van der Waals surface area contributed by atoms with E-state index in [2.05, 4.69) is 55.1 Å². The fourth-order valence-electron chi connectivity index (χ4n) is 2.07. The van der Waals surface area contributed by atoms with Crippen LogP contribution in [0, 0.1) is 6.92 Å². The van der Waals surface area contributed by atoms with Gasteiger partial charge in [0.05, 0.1) is 0 Å². The average Bonchev–Trinajstić information content (AvgIpc) is 2.43. The highest BCUT2D eigenvalue weighted by atomic mass is 15.1. The van der Waals surface area contributed by atoms with E-state index in [4.69, 9.17) is 5.73 Å². The van der Waals surface area contributed by atoms with E-state index in [1.807, 2.05) is 19.1 Å². The van der Waals surface area contributed by atoms with Gasteiger partial charge in [-0.3, -0.25) is 0 Å². The van der Waals surface area contributed by atoms with E-state index in [0.29, 0.717) is 5.82 Å². The molecule has 0 aliphatic heterocycles. The van der Waals surface area contributed by atoms with E-state index in [-0.39, 0.29) is 5.41 Å². The van der Waals surface area contributed by atoms with Crippen molar-refractivity contribution in [3.8, 4) is 0 Å². The Balaban J connectivity index is 2.46. The molecule has 0 bridgehead atoms. The molecule has 0 saturated heterocycles. The Kier molecular flexibility index (Phi) is 4.16. The largest absolute Gasteiger partial charge is 0.383 e. The van der Waals surface area contributed by atoms with Gasteiger partial charge in [-0.15, -0.1) is 0 Å². The number of rotatable bonds is 3. The zero-order valence-corrected chi connectivity index (χ0v) is 13.5. The highest BCUT2D eigenvalue weighted by molar-refractivity contribution is 5.66. The molecule has 0 spiro atoms. The molecular weight excluding hydrogens is 260 g/mol. The fourth-order valence-corrected chi connectivity index (χ4v) is 2.07. The first-order valence-corrected chi connectivity index (χ1v) is 7.32. The summed E-state index contributed by atoms with van der Waals surface area (Å²) in [5.74, 6) is 2.07. The quantitative estimate of drug-likeness (QED) is 0.895. The van der Waals surface area contributed by atoms with Gasteiger partial charge in [-0.05, 0) is 25.0 Å². The Bertz CT molecular complexity index is 642. The molecule has 1 heterocycles. The van der Waals surface area contributed by atoms with Crippen molar-refractivity contribution in [3.63, 3.8) is 0 Å². The summed E-state index contributed by atoms with van der Waals surface area (Å²) in [6.07, 6.45) is 0.967. The Morgan fingerprint density at radius 1 is 1.14 bits per heavy atom. The highest BCUT2D eigenvalue weighted by Gasteiger charge is 2.20. The van der Waals surface area contributed by atoms with E-state index < -0.39 is 0 Å². The van der Waals surface area contributed by atoms with E-state index in [1.165, 1.54) is 5.56 Å². The van der Waals surface area contributed by atoms with Crippen molar-refractivity contribution in [3.05, 3.63) is 41.2 Å². The molecule has 4 heteroatoms. The average molecular weight is 284 g/mol. The predicted octanol–water partition coefficient (Wildman–Crippen LogP) is 3.97. The maximum Gasteiger partial charge on any atom is 0.139 e. The number of para-hydroxylation sites is 1. The molecule has 0 aliphatic carbocycles. The summed E-state index contributed by atoms with van der Waals surface area (Å²) in [6, 6.07) is 8.25. The third-order valence-electron chi connectivity index (χ3n) is 3.51. The summed E-state index contributed by atoms with van der Waals surface area (Å²) in [5, 5.41) is 3.41. The smallest absolute Gasteiger partial charge is 0.139 e. The van der Waals surface area contributed by atoms with Crippen molar-refractivity contribution in [1.29, 1.82) is 0 Å². The summed E-state index contributed by atoms with van der Waals surface area (Å²) in [5.41, 5.74) is 9.12. The minimum atomic E-state index is -0.136. The van der Waals surface area contributed by atoms with Gasteiger partial charge in [0.1, 0.15) is 17.5 Å². The monoisotopic (exact) mass is 284 g/mol. The van der Waals surface area contributed by atoms with E-state index in [1.54, 1.807) is 0 Å². The van der Waals surface area contributed by atoms with Crippen molar-refractivity contribution < 1.29 is 0 Å². The lowest BCUT2D eigenvalue weighted by atomic mass is 9.95. The minimum Gasteiger partial charge on any atom is -0.383 e. The summed E-state index contributed by atoms with van der Waals surface area (Å²) in [7, 11) is 0. The van der Waals surface area contributed by atoms with Gasteiger partial charge in [0.15, 0.2) is 0 Å². The molecule has 4 nitrogen and oxygen atoms in total. The molecule has 2 aromatic rings. The normalized spacial score (nSPS) is 11.5. The zero-order valence-electron chi connectivity index (χ0n) is 13.5. The minimum absolute atomic E-state index is 0.136. The lowest BCUT2D eigenvalue weighted by molar-refractivity contribution is 0.546. The SMILES string of the molecule is CCc1ccccc1Nc1nc(C(C)(C)C)nc(N)c1C. The van der Waals surface area contributed by atoms with Gasteiger partial charge in [-0.2, -0.15) is 0 Å². The third-order valence-corrected chi connectivity index (χ3v) is 3.51. The van der Waals surface area contributed by atoms with Crippen LogP contribution in [0.3, 0.4) is 0 Å². The lowest BCUT2D eigenvalue weighted by Gasteiger charge is -2.20. The summed E-state index contributed by atoms with van der Waals surface area (Å²) in [4.78, 5) is 9.09. The molecule has 3 N–H and O–H groups in total. The molecule has 112 valence electrons. The summed E-state index contributed by atoms with van der Waals surface area (Å²) >= 11 is 0. The molecular formula is C17H24N4. The number of aryl methyl sites for hydroxylation is 1. The second-order valence-electron chi connectivity index (χ2n) is 6.29. The van der Waals surface area contributed by atoms with Gasteiger partial charge in [0.2, 0.25) is 0 Å². The van der Waals surface area contributed by atoms with E-state index >= 15 is 0 Å². The maximum absolute atomic E-state index is 6.05. The first kappa shape index (κ1) is 15.3. The zero-order chi connectivity index (χ0) is 15.6. The van der Waals surface area contributed by atoms with Crippen LogP contribution in [0.2, 0.25) is 0 Å². The number of aromatic nitrogens is 2. The number of hydrogen-bond acceptors (Lipinski definition) is 4. The standard InChI is InChI=1S/C17H24N4/c1-6-12-9-7-8-10-13(12)19-15-11(2)14(18)20-16(21-15)17(3,4)5/h7-10H,6H2,1-5H3,(H3,18,19,20,21). The molecule has 0 saturated carbocycles. The fraction of sp³-hybridized carbons (Fsp3) is 0.412. The lowest BCUT2D eigenvalue weighted by Crippen LogP contribution is -2.19. The van der Waals surface area contributed by atoms with Crippen LogP contribution in [-0.4, -0.2) is 9.97 Å². The van der Waals surface area contributed by atoms with Crippen molar-refractivity contribution in [1.82, 2.24) is 9.97 Å². The molecule has 0 aliphatic rings. The van der Waals surface area contributed by atoms with Crippen LogP contribution in [0.25, 0.3) is 0 Å². The number of nitrogens with one attached hydrogen (secondary N) is 1. The summed E-state index contributed by atoms with van der Waals surface area (Å²) in [6.45, 7) is 10.3. The number of hydrogen-bond donors (Lipinski definition) is 2. The van der Waals surface area contributed by atoms with Gasteiger partial charge in [0.25, 0.3) is 0 Å². The molecule has 21 heavy (non-hydrogen) atoms. The van der Waals surface area contributed by atoms with Gasteiger partial charge in [0, 0.05) is 16.7 Å². The van der Waals surface area contributed by atoms with Gasteiger partial charge >= 0.3 is 0 Å². The number of nitrogen functional groups attached to an aromatic ring is 1. The van der Waals surface area contributed by atoms with E-state index in [9.17, 15) is 0 Å². The topological polar surface area (TPSA) is 63.8 Å². The second kappa shape index (κ2) is 5.72. The molecule has 0 atom stereocenters. The Labute approximate surface area is 126 Å². The number of nitrogens with two attached hydrogens (primary N) is 1. The van der Waals surface area contributed by atoms with Gasteiger partial charge < -0.3 is 11.1 Å². The first-order chi connectivity index (χ1) is 9.82. The molecule has 2 rings (SSSR count). The van der Waals surface area contributed by atoms with E-state index in [0.717, 1.165) is 29.3 Å². The van der Waals surface area contributed by atoms with Gasteiger partial charge in [-0.1, -0.05) is 45.9 Å². The third kappa shape index (κ3) is 3.32. The van der Waals surface area contributed by atoms with Crippen LogP contribution >= 0.6 is 0 Å². The Morgan fingerprint density at radius 2 is 1.81 bits per heavy atom. The molecule has 1 aromatic heterocycles.